The van der Waals surface area contributed by atoms with Crippen molar-refractivity contribution in [2.75, 3.05) is 0 Å². The zero-order valence-electron chi connectivity index (χ0n) is 13.6. The molecule has 3 rings (SSSR count). The Labute approximate surface area is 140 Å². The zero-order valence-corrected chi connectivity index (χ0v) is 13.6. The van der Waals surface area contributed by atoms with Crippen LogP contribution in [0.2, 0.25) is 0 Å². The molecule has 0 amide bonds. The Bertz CT molecular complexity index is 879. The zero-order chi connectivity index (χ0) is 17.5. The Kier molecular flexibility index (Phi) is 3.66. The standard InChI is InChI=1S/C19H17N3O2/c1-19(2)7-14(23)17-15(8-19)24-18(22)13(10-21)16(17)12-6-4-3-5-11(12)9-20/h3-6,16H,7-8,22H2,1-2H3. The van der Waals surface area contributed by atoms with Gasteiger partial charge in [-0.05, 0) is 17.0 Å². The van der Waals surface area contributed by atoms with Gasteiger partial charge in [0.2, 0.25) is 5.88 Å². The maximum atomic E-state index is 12.8. The first kappa shape index (κ1) is 15.8. The molecule has 1 aromatic rings. The first-order valence-electron chi connectivity index (χ1n) is 7.71. The Balaban J connectivity index is 2.25. The molecule has 0 saturated heterocycles. The molecule has 0 radical (unpaired) electrons. The van der Waals surface area contributed by atoms with Crippen LogP contribution >= 0.6 is 0 Å². The number of ketones is 1. The Hall–Kier alpha value is -3.05. The first-order chi connectivity index (χ1) is 11.4. The third-order valence-corrected chi connectivity index (χ3v) is 4.47. The number of hydrogen-bond acceptors (Lipinski definition) is 5. The van der Waals surface area contributed by atoms with Crippen LogP contribution in [0.5, 0.6) is 0 Å². The highest BCUT2D eigenvalue weighted by atomic mass is 16.5. The summed E-state index contributed by atoms with van der Waals surface area (Å²) in [6.07, 6.45) is 0.942. The Morgan fingerprint density at radius 1 is 1.21 bits per heavy atom. The summed E-state index contributed by atoms with van der Waals surface area (Å²) in [5.41, 5.74) is 7.42. The molecule has 0 saturated carbocycles. The monoisotopic (exact) mass is 319 g/mol. The van der Waals surface area contributed by atoms with Crippen molar-refractivity contribution in [3.63, 3.8) is 0 Å². The molecule has 0 spiro atoms. The number of nitrogens with two attached hydrogens (primary N) is 1. The molecule has 0 bridgehead atoms. The third kappa shape index (κ3) is 2.45. The van der Waals surface area contributed by atoms with E-state index in [1.807, 2.05) is 13.8 Å². The second kappa shape index (κ2) is 5.54. The van der Waals surface area contributed by atoms with E-state index in [2.05, 4.69) is 12.1 Å². The summed E-state index contributed by atoms with van der Waals surface area (Å²) >= 11 is 0. The maximum Gasteiger partial charge on any atom is 0.205 e. The van der Waals surface area contributed by atoms with Gasteiger partial charge in [0.05, 0.1) is 17.6 Å². The summed E-state index contributed by atoms with van der Waals surface area (Å²) in [6, 6.07) is 11.2. The lowest BCUT2D eigenvalue weighted by molar-refractivity contribution is -0.119. The SMILES string of the molecule is CC1(C)CC(=O)C2=C(C1)OC(N)=C(C#N)C2c1ccccc1C#N. The predicted molar refractivity (Wildman–Crippen MR) is 86.9 cm³/mol. The predicted octanol–water partition coefficient (Wildman–Crippen LogP) is 3.01. The highest BCUT2D eigenvalue weighted by molar-refractivity contribution is 6.00. The van der Waals surface area contributed by atoms with Crippen LogP contribution in [0, 0.1) is 28.1 Å². The average molecular weight is 319 g/mol. The van der Waals surface area contributed by atoms with Crippen LogP contribution in [0.25, 0.3) is 0 Å². The van der Waals surface area contributed by atoms with E-state index in [-0.39, 0.29) is 22.7 Å². The molecule has 1 aliphatic carbocycles. The number of rotatable bonds is 1. The van der Waals surface area contributed by atoms with Gasteiger partial charge in [0.15, 0.2) is 5.78 Å². The molecule has 1 atom stereocenters. The van der Waals surface area contributed by atoms with Crippen molar-refractivity contribution in [2.24, 2.45) is 11.1 Å². The van der Waals surface area contributed by atoms with E-state index in [0.29, 0.717) is 35.3 Å². The topological polar surface area (TPSA) is 99.9 Å². The van der Waals surface area contributed by atoms with Gasteiger partial charge in [0.25, 0.3) is 0 Å². The van der Waals surface area contributed by atoms with Gasteiger partial charge in [-0.25, -0.2) is 0 Å². The van der Waals surface area contributed by atoms with Crippen molar-refractivity contribution in [3.8, 4) is 12.1 Å². The van der Waals surface area contributed by atoms with E-state index in [1.54, 1.807) is 24.3 Å². The van der Waals surface area contributed by atoms with E-state index in [1.165, 1.54) is 0 Å². The molecule has 120 valence electrons. The summed E-state index contributed by atoms with van der Waals surface area (Å²) < 4.78 is 5.64. The summed E-state index contributed by atoms with van der Waals surface area (Å²) in [4.78, 5) is 12.8. The fourth-order valence-electron chi connectivity index (χ4n) is 3.45. The number of carbonyl (C=O) groups excluding carboxylic acids is 1. The smallest absolute Gasteiger partial charge is 0.205 e. The van der Waals surface area contributed by atoms with Crippen LogP contribution in [0.1, 0.15) is 43.7 Å². The number of ether oxygens (including phenoxy) is 1. The lowest BCUT2D eigenvalue weighted by Gasteiger charge is -2.37. The van der Waals surface area contributed by atoms with Crippen LogP contribution in [0.3, 0.4) is 0 Å². The molecule has 5 nitrogen and oxygen atoms in total. The van der Waals surface area contributed by atoms with Crippen molar-refractivity contribution < 1.29 is 9.53 Å². The van der Waals surface area contributed by atoms with Crippen LogP contribution in [-0.4, -0.2) is 5.78 Å². The lowest BCUT2D eigenvalue weighted by atomic mass is 9.70. The molecule has 24 heavy (non-hydrogen) atoms. The quantitative estimate of drug-likeness (QED) is 0.857. The molecule has 1 heterocycles. The van der Waals surface area contributed by atoms with Gasteiger partial charge in [-0.1, -0.05) is 32.0 Å². The summed E-state index contributed by atoms with van der Waals surface area (Å²) in [7, 11) is 0. The second-order valence-electron chi connectivity index (χ2n) is 6.90. The fraction of sp³-hybridized carbons (Fsp3) is 0.316. The average Bonchev–Trinajstić information content (AvgIpc) is 2.52. The number of benzene rings is 1. The number of nitriles is 2. The Morgan fingerprint density at radius 2 is 1.92 bits per heavy atom. The van der Waals surface area contributed by atoms with Gasteiger partial charge in [0, 0.05) is 18.4 Å². The maximum absolute atomic E-state index is 12.8. The van der Waals surface area contributed by atoms with Crippen LogP contribution in [-0.2, 0) is 9.53 Å². The lowest BCUT2D eigenvalue weighted by Crippen LogP contribution is -2.33. The highest BCUT2D eigenvalue weighted by Crippen LogP contribution is 2.48. The molecule has 0 aromatic heterocycles. The van der Waals surface area contributed by atoms with Crippen molar-refractivity contribution >= 4 is 5.78 Å². The van der Waals surface area contributed by atoms with Crippen LogP contribution in [0.15, 0.2) is 47.1 Å². The van der Waals surface area contributed by atoms with Crippen molar-refractivity contribution in [2.45, 2.75) is 32.6 Å². The van der Waals surface area contributed by atoms with Crippen molar-refractivity contribution in [1.82, 2.24) is 0 Å². The minimum Gasteiger partial charge on any atom is -0.444 e. The second-order valence-corrected chi connectivity index (χ2v) is 6.90. The number of carbonyl (C=O) groups is 1. The first-order valence-corrected chi connectivity index (χ1v) is 7.71. The summed E-state index contributed by atoms with van der Waals surface area (Å²) in [5.74, 6) is -0.164. The number of allylic oxidation sites excluding steroid dienone is 3. The molecular weight excluding hydrogens is 302 g/mol. The van der Waals surface area contributed by atoms with E-state index in [4.69, 9.17) is 10.5 Å². The fourth-order valence-corrected chi connectivity index (χ4v) is 3.45. The van der Waals surface area contributed by atoms with Crippen molar-refractivity contribution in [1.29, 1.82) is 10.5 Å². The van der Waals surface area contributed by atoms with Crippen molar-refractivity contribution in [3.05, 3.63) is 58.2 Å². The number of nitrogens with zero attached hydrogens (tertiary/aromatic N) is 2. The molecular formula is C19H17N3O2. The van der Waals surface area contributed by atoms with E-state index in [9.17, 15) is 15.3 Å². The number of Topliss-reactive ketones (excluding diaryl/α,β-unsaturated/α-hetero) is 1. The molecule has 2 N–H and O–H groups in total. The van der Waals surface area contributed by atoms with Gasteiger partial charge >= 0.3 is 0 Å². The van der Waals surface area contributed by atoms with Crippen LogP contribution < -0.4 is 5.73 Å². The Morgan fingerprint density at radius 3 is 2.58 bits per heavy atom. The third-order valence-electron chi connectivity index (χ3n) is 4.47. The summed E-state index contributed by atoms with van der Waals surface area (Å²) in [6.45, 7) is 3.99. The molecule has 0 fully saturated rings. The molecule has 1 aromatic carbocycles. The van der Waals surface area contributed by atoms with E-state index < -0.39 is 5.92 Å². The van der Waals surface area contributed by atoms with Gasteiger partial charge in [-0.15, -0.1) is 0 Å². The van der Waals surface area contributed by atoms with Gasteiger partial charge in [-0.3, -0.25) is 4.79 Å². The minimum atomic E-state index is -0.641. The minimum absolute atomic E-state index is 0.0134. The molecule has 5 heteroatoms. The van der Waals surface area contributed by atoms with Crippen LogP contribution in [0.4, 0.5) is 0 Å². The molecule has 1 aliphatic heterocycles. The van der Waals surface area contributed by atoms with E-state index in [0.717, 1.165) is 0 Å². The molecule has 2 aliphatic rings. The largest absolute Gasteiger partial charge is 0.444 e. The van der Waals surface area contributed by atoms with Gasteiger partial charge in [-0.2, -0.15) is 10.5 Å². The van der Waals surface area contributed by atoms with Gasteiger partial charge < -0.3 is 10.5 Å². The highest BCUT2D eigenvalue weighted by Gasteiger charge is 2.43. The molecule has 1 unspecified atom stereocenters. The van der Waals surface area contributed by atoms with Gasteiger partial charge in [0.1, 0.15) is 17.4 Å². The number of hydrogen-bond donors (Lipinski definition) is 1. The van der Waals surface area contributed by atoms with E-state index >= 15 is 0 Å². The normalized spacial score (nSPS) is 22.3. The summed E-state index contributed by atoms with van der Waals surface area (Å²) in [5, 5.41) is 19.0.